The van der Waals surface area contributed by atoms with Gasteiger partial charge in [0.2, 0.25) is 11.8 Å². The number of fused-ring (bicyclic) bond motifs is 1. The summed E-state index contributed by atoms with van der Waals surface area (Å²) in [5.74, 6) is 0.473. The summed E-state index contributed by atoms with van der Waals surface area (Å²) in [5, 5.41) is 0. The minimum atomic E-state index is -1.04. The van der Waals surface area contributed by atoms with Crippen LogP contribution in [0.3, 0.4) is 0 Å². The van der Waals surface area contributed by atoms with Gasteiger partial charge in [-0.1, -0.05) is 19.9 Å². The molecule has 3 heterocycles. The van der Waals surface area contributed by atoms with Gasteiger partial charge in [-0.15, -0.1) is 37.2 Å². The van der Waals surface area contributed by atoms with Crippen LogP contribution < -0.4 is 14.5 Å². The van der Waals surface area contributed by atoms with E-state index in [0.717, 1.165) is 43.9 Å². The fourth-order valence-corrected chi connectivity index (χ4v) is 5.67. The van der Waals surface area contributed by atoms with Crippen molar-refractivity contribution in [3.05, 3.63) is 78.4 Å². The van der Waals surface area contributed by atoms with Crippen molar-refractivity contribution < 1.29 is 14.3 Å². The van der Waals surface area contributed by atoms with Crippen molar-refractivity contribution in [2.24, 2.45) is 5.41 Å². The molecule has 0 unspecified atom stereocenters. The second-order valence-electron chi connectivity index (χ2n) is 10.5. The largest absolute Gasteiger partial charge is 0.493 e. The molecule has 44 heavy (non-hydrogen) atoms. The molecule has 0 N–H and O–H groups in total. The number of hydrogen-bond donors (Lipinski definition) is 0. The summed E-state index contributed by atoms with van der Waals surface area (Å²) in [7, 11) is 0. The number of halogens is 3. The molecule has 0 radical (unpaired) electrons. The van der Waals surface area contributed by atoms with E-state index < -0.39 is 5.41 Å². The van der Waals surface area contributed by atoms with Crippen molar-refractivity contribution in [1.82, 2.24) is 14.9 Å². The number of hydrogen-bond acceptors (Lipinski definition) is 6. The van der Waals surface area contributed by atoms with Gasteiger partial charge in [0.15, 0.2) is 0 Å². The van der Waals surface area contributed by atoms with E-state index in [9.17, 15) is 9.59 Å². The SMILES string of the molecule is CCN1C(=O)C(CC)(CC)C(=O)N(CC)c2cc(OCCCN(CCc3cccnc3)Cc3ccncc3)ccc21.Cl.Cl.Cl. The number of anilines is 2. The summed E-state index contributed by atoms with van der Waals surface area (Å²) in [6.07, 6.45) is 10.1. The summed E-state index contributed by atoms with van der Waals surface area (Å²) in [5.41, 5.74) is 2.92. The van der Waals surface area contributed by atoms with Crippen molar-refractivity contribution in [3.8, 4) is 5.75 Å². The first-order chi connectivity index (χ1) is 20.0. The maximum absolute atomic E-state index is 13.8. The molecule has 2 amide bonds. The average Bonchev–Trinajstić information content (AvgIpc) is 3.08. The van der Waals surface area contributed by atoms with E-state index in [1.54, 1.807) is 16.0 Å². The number of carbonyl (C=O) groups excluding carboxylic acids is 2. The minimum absolute atomic E-state index is 0. The predicted molar refractivity (Wildman–Crippen MR) is 185 cm³/mol. The topological polar surface area (TPSA) is 78.9 Å². The molecule has 242 valence electrons. The Morgan fingerprint density at radius 2 is 1.43 bits per heavy atom. The second kappa shape index (κ2) is 18.8. The normalized spacial score (nSPS) is 13.8. The van der Waals surface area contributed by atoms with Crippen LogP contribution in [0.4, 0.5) is 11.4 Å². The second-order valence-corrected chi connectivity index (χ2v) is 10.5. The smallest absolute Gasteiger partial charge is 0.242 e. The Bertz CT molecular complexity index is 1300. The standard InChI is InChI=1S/C33H43N5O3.3ClH/c1-5-33(6-2)31(39)37(7-3)29-13-12-28(23-30(29)38(8-4)32(33)40)41-22-10-20-36(25-27-14-18-34-19-15-27)21-16-26-11-9-17-35-24-26;;;/h9,11-15,17-19,23-24H,5-8,10,16,20-22,25H2,1-4H3;3*1H. The van der Waals surface area contributed by atoms with Crippen LogP contribution >= 0.6 is 37.2 Å². The summed E-state index contributed by atoms with van der Waals surface area (Å²) < 4.78 is 6.22. The lowest BCUT2D eigenvalue weighted by atomic mass is 9.79. The van der Waals surface area contributed by atoms with Gasteiger partial charge in [-0.3, -0.25) is 24.5 Å². The van der Waals surface area contributed by atoms with Crippen LogP contribution in [0.2, 0.25) is 0 Å². The predicted octanol–water partition coefficient (Wildman–Crippen LogP) is 6.78. The van der Waals surface area contributed by atoms with E-state index in [4.69, 9.17) is 4.74 Å². The zero-order chi connectivity index (χ0) is 29.2. The molecule has 1 aromatic carbocycles. The Morgan fingerprint density at radius 3 is 2.02 bits per heavy atom. The summed E-state index contributed by atoms with van der Waals surface area (Å²) in [4.78, 5) is 41.8. The summed E-state index contributed by atoms with van der Waals surface area (Å²) in [6, 6.07) is 14.0. The molecular weight excluding hydrogens is 621 g/mol. The van der Waals surface area contributed by atoms with Gasteiger partial charge in [0.05, 0.1) is 18.0 Å². The molecular formula is C33H46Cl3N5O3. The fraction of sp³-hybridized carbons (Fsp3) is 0.455. The van der Waals surface area contributed by atoms with Crippen LogP contribution in [-0.4, -0.2) is 59.5 Å². The number of amides is 2. The van der Waals surface area contributed by atoms with E-state index in [1.807, 2.05) is 70.6 Å². The van der Waals surface area contributed by atoms with Crippen LogP contribution in [0.15, 0.2) is 67.3 Å². The maximum atomic E-state index is 13.8. The third-order valence-electron chi connectivity index (χ3n) is 8.16. The maximum Gasteiger partial charge on any atom is 0.242 e. The first-order valence-corrected chi connectivity index (χ1v) is 14.9. The number of pyridine rings is 2. The number of aromatic nitrogens is 2. The Balaban J connectivity index is 0.00000323. The lowest BCUT2D eigenvalue weighted by molar-refractivity contribution is -0.140. The number of carbonyl (C=O) groups is 2. The molecule has 0 saturated carbocycles. The van der Waals surface area contributed by atoms with E-state index >= 15 is 0 Å². The molecule has 8 nitrogen and oxygen atoms in total. The first-order valence-electron chi connectivity index (χ1n) is 14.9. The Hall–Kier alpha value is -2.91. The molecule has 1 aliphatic rings. The summed E-state index contributed by atoms with van der Waals surface area (Å²) >= 11 is 0. The van der Waals surface area contributed by atoms with Crippen molar-refractivity contribution in [2.45, 2.75) is 59.9 Å². The van der Waals surface area contributed by atoms with Crippen LogP contribution in [0.5, 0.6) is 5.75 Å². The molecule has 0 aliphatic carbocycles. The monoisotopic (exact) mass is 665 g/mol. The van der Waals surface area contributed by atoms with Crippen molar-refractivity contribution in [3.63, 3.8) is 0 Å². The van der Waals surface area contributed by atoms with Gasteiger partial charge in [0.25, 0.3) is 0 Å². The number of nitrogens with zero attached hydrogens (tertiary/aromatic N) is 5. The van der Waals surface area contributed by atoms with Gasteiger partial charge in [-0.25, -0.2) is 0 Å². The highest BCUT2D eigenvalue weighted by atomic mass is 35.5. The van der Waals surface area contributed by atoms with Crippen molar-refractivity contribution >= 4 is 60.4 Å². The Morgan fingerprint density at radius 1 is 0.773 bits per heavy atom. The highest BCUT2D eigenvalue weighted by Gasteiger charge is 2.50. The molecule has 0 saturated heterocycles. The van der Waals surface area contributed by atoms with E-state index in [-0.39, 0.29) is 49.0 Å². The Kier molecular flexibility index (Phi) is 16.7. The molecule has 0 spiro atoms. The molecule has 0 atom stereocenters. The van der Waals surface area contributed by atoms with Gasteiger partial charge in [-0.05, 0) is 81.0 Å². The summed E-state index contributed by atoms with van der Waals surface area (Å²) in [6.45, 7) is 11.9. The van der Waals surface area contributed by atoms with E-state index in [1.165, 1.54) is 11.1 Å². The van der Waals surface area contributed by atoms with Crippen LogP contribution in [0.25, 0.3) is 0 Å². The molecule has 3 aromatic rings. The molecule has 1 aliphatic heterocycles. The zero-order valence-electron chi connectivity index (χ0n) is 26.1. The van der Waals surface area contributed by atoms with Gasteiger partial charge < -0.3 is 14.5 Å². The van der Waals surface area contributed by atoms with Gasteiger partial charge in [-0.2, -0.15) is 0 Å². The van der Waals surface area contributed by atoms with E-state index in [2.05, 4.69) is 33.1 Å². The molecule has 0 fully saturated rings. The van der Waals surface area contributed by atoms with E-state index in [0.29, 0.717) is 38.3 Å². The molecule has 11 heteroatoms. The Labute approximate surface area is 280 Å². The van der Waals surface area contributed by atoms with Gasteiger partial charge in [0.1, 0.15) is 11.2 Å². The quantitative estimate of drug-likeness (QED) is 0.139. The molecule has 2 aromatic heterocycles. The third-order valence-corrected chi connectivity index (χ3v) is 8.16. The van der Waals surface area contributed by atoms with Crippen LogP contribution in [-0.2, 0) is 22.6 Å². The number of benzene rings is 1. The fourth-order valence-electron chi connectivity index (χ4n) is 5.67. The van der Waals surface area contributed by atoms with Crippen molar-refractivity contribution in [2.75, 3.05) is 42.6 Å². The molecule has 0 bridgehead atoms. The lowest BCUT2D eigenvalue weighted by Gasteiger charge is -2.33. The van der Waals surface area contributed by atoms with Crippen LogP contribution in [0, 0.1) is 5.41 Å². The highest BCUT2D eigenvalue weighted by Crippen LogP contribution is 2.43. The number of ether oxygens (including phenoxy) is 1. The number of rotatable bonds is 14. The lowest BCUT2D eigenvalue weighted by Crippen LogP contribution is -2.51. The average molecular weight is 667 g/mol. The minimum Gasteiger partial charge on any atom is -0.493 e. The first kappa shape index (κ1) is 39.1. The van der Waals surface area contributed by atoms with Gasteiger partial charge >= 0.3 is 0 Å². The highest BCUT2D eigenvalue weighted by molar-refractivity contribution is 6.20. The third kappa shape index (κ3) is 8.84. The van der Waals surface area contributed by atoms with Crippen LogP contribution in [0.1, 0.15) is 58.1 Å². The molecule has 4 rings (SSSR count). The van der Waals surface area contributed by atoms with Crippen molar-refractivity contribution in [1.29, 1.82) is 0 Å². The zero-order valence-corrected chi connectivity index (χ0v) is 28.6. The van der Waals surface area contributed by atoms with Gasteiger partial charge in [0, 0.05) is 63.6 Å².